The van der Waals surface area contributed by atoms with Gasteiger partial charge in [-0.25, -0.2) is 0 Å². The fraction of sp³-hybridized carbons (Fsp3) is 0.0714. The number of hydrogen-bond donors (Lipinski definition) is 1. The third-order valence-corrected chi connectivity index (χ3v) is 4.53. The normalized spacial score (nSPS) is 10.3. The molecule has 2 nitrogen and oxygen atoms in total. The summed E-state index contributed by atoms with van der Waals surface area (Å²) in [6.07, 6.45) is 0. The van der Waals surface area contributed by atoms with Crippen molar-refractivity contribution in [2.24, 2.45) is 0 Å². The zero-order valence-electron chi connectivity index (χ0n) is 10.0. The fourth-order valence-electron chi connectivity index (χ4n) is 1.63. The molecule has 19 heavy (non-hydrogen) atoms. The van der Waals surface area contributed by atoms with Crippen molar-refractivity contribution in [1.29, 1.82) is 0 Å². The lowest BCUT2D eigenvalue weighted by Gasteiger charge is -2.10. The summed E-state index contributed by atoms with van der Waals surface area (Å²) in [5.41, 5.74) is 2.15. The Hall–Kier alpha value is -0.590. The molecule has 0 aliphatic carbocycles. The molecule has 0 aliphatic rings. The van der Waals surface area contributed by atoms with Crippen LogP contribution in [-0.4, -0.2) is 5.91 Å². The number of rotatable bonds is 2. The van der Waals surface area contributed by atoms with Crippen LogP contribution in [0, 0.1) is 10.5 Å². The number of nitrogens with one attached hydrogen (secondary N) is 1. The monoisotopic (exact) mass is 449 g/mol. The minimum absolute atomic E-state index is 0.165. The van der Waals surface area contributed by atoms with Crippen molar-refractivity contribution in [2.75, 3.05) is 5.32 Å². The molecular formula is C14H10BrClINO. The highest BCUT2D eigenvalue weighted by Gasteiger charge is 2.12. The first-order chi connectivity index (χ1) is 8.99. The second kappa shape index (κ2) is 6.24. The minimum atomic E-state index is -0.165. The van der Waals surface area contributed by atoms with Crippen molar-refractivity contribution < 1.29 is 4.79 Å². The molecule has 2 aromatic rings. The standard InChI is InChI=1S/C14H10BrClINO/c1-8-10(3-2-4-11(8)15)14(19)18-13-6-5-9(17)7-12(13)16/h2-7H,1H3,(H,18,19). The smallest absolute Gasteiger partial charge is 0.256 e. The Kier molecular flexibility index (Phi) is 4.86. The molecule has 2 rings (SSSR count). The Bertz CT molecular complexity index is 645. The van der Waals surface area contributed by atoms with Gasteiger partial charge in [0.2, 0.25) is 0 Å². The molecule has 0 aromatic heterocycles. The quantitative estimate of drug-likeness (QED) is 0.621. The molecule has 0 heterocycles. The molecule has 1 amide bonds. The second-order valence-electron chi connectivity index (χ2n) is 3.99. The first kappa shape index (κ1) is 14.8. The molecular weight excluding hydrogens is 440 g/mol. The third kappa shape index (κ3) is 3.49. The predicted octanol–water partition coefficient (Wildman–Crippen LogP) is 5.27. The average Bonchev–Trinajstić information content (AvgIpc) is 2.36. The molecule has 0 spiro atoms. The van der Waals surface area contributed by atoms with E-state index in [9.17, 15) is 4.79 Å². The van der Waals surface area contributed by atoms with Crippen LogP contribution < -0.4 is 5.32 Å². The van der Waals surface area contributed by atoms with Gasteiger partial charge in [0.25, 0.3) is 5.91 Å². The maximum absolute atomic E-state index is 12.2. The van der Waals surface area contributed by atoms with Crippen molar-refractivity contribution in [1.82, 2.24) is 0 Å². The largest absolute Gasteiger partial charge is 0.321 e. The summed E-state index contributed by atoms with van der Waals surface area (Å²) in [5, 5.41) is 3.36. The van der Waals surface area contributed by atoms with Crippen LogP contribution in [0.1, 0.15) is 15.9 Å². The van der Waals surface area contributed by atoms with Gasteiger partial charge in [0, 0.05) is 13.6 Å². The van der Waals surface area contributed by atoms with Gasteiger partial charge in [0.05, 0.1) is 10.7 Å². The van der Waals surface area contributed by atoms with Gasteiger partial charge in [0.1, 0.15) is 0 Å². The van der Waals surface area contributed by atoms with Crippen LogP contribution in [-0.2, 0) is 0 Å². The Morgan fingerprint density at radius 2 is 2.05 bits per heavy atom. The summed E-state index contributed by atoms with van der Waals surface area (Å²) in [6.45, 7) is 1.90. The van der Waals surface area contributed by atoms with E-state index in [0.29, 0.717) is 16.3 Å². The van der Waals surface area contributed by atoms with Crippen LogP contribution in [0.2, 0.25) is 5.02 Å². The van der Waals surface area contributed by atoms with Crippen LogP contribution in [0.15, 0.2) is 40.9 Å². The van der Waals surface area contributed by atoms with Gasteiger partial charge in [-0.1, -0.05) is 33.6 Å². The van der Waals surface area contributed by atoms with Gasteiger partial charge in [-0.15, -0.1) is 0 Å². The van der Waals surface area contributed by atoms with Gasteiger partial charge in [-0.3, -0.25) is 4.79 Å². The molecule has 2 aromatic carbocycles. The van der Waals surface area contributed by atoms with Crippen molar-refractivity contribution in [2.45, 2.75) is 6.92 Å². The molecule has 98 valence electrons. The van der Waals surface area contributed by atoms with Crippen molar-refractivity contribution in [3.8, 4) is 0 Å². The number of benzene rings is 2. The average molecular weight is 451 g/mol. The van der Waals surface area contributed by atoms with Crippen molar-refractivity contribution in [3.63, 3.8) is 0 Å². The van der Waals surface area contributed by atoms with Crippen LogP contribution in [0.5, 0.6) is 0 Å². The summed E-state index contributed by atoms with van der Waals surface area (Å²) in [4.78, 5) is 12.2. The first-order valence-electron chi connectivity index (χ1n) is 5.50. The van der Waals surface area contributed by atoms with E-state index in [1.165, 1.54) is 0 Å². The molecule has 0 aliphatic heterocycles. The number of hydrogen-bond acceptors (Lipinski definition) is 1. The third-order valence-electron chi connectivity index (χ3n) is 2.69. The fourth-order valence-corrected chi connectivity index (χ4v) is 2.90. The predicted molar refractivity (Wildman–Crippen MR) is 91.0 cm³/mol. The number of anilines is 1. The Morgan fingerprint density at radius 3 is 2.74 bits per heavy atom. The van der Waals surface area contributed by atoms with Crippen LogP contribution in [0.25, 0.3) is 0 Å². The topological polar surface area (TPSA) is 29.1 Å². The minimum Gasteiger partial charge on any atom is -0.321 e. The van der Waals surface area contributed by atoms with Crippen LogP contribution >= 0.6 is 50.1 Å². The maximum Gasteiger partial charge on any atom is 0.256 e. The zero-order valence-corrected chi connectivity index (χ0v) is 14.5. The molecule has 5 heteroatoms. The van der Waals surface area contributed by atoms with Gasteiger partial charge in [-0.05, 0) is 65.4 Å². The molecule has 0 unspecified atom stereocenters. The summed E-state index contributed by atoms with van der Waals surface area (Å²) in [6, 6.07) is 11.0. The number of amides is 1. The van der Waals surface area contributed by atoms with E-state index in [4.69, 9.17) is 11.6 Å². The van der Waals surface area contributed by atoms with Crippen molar-refractivity contribution in [3.05, 3.63) is 60.6 Å². The van der Waals surface area contributed by atoms with E-state index in [1.807, 2.05) is 31.2 Å². The van der Waals surface area contributed by atoms with Crippen molar-refractivity contribution >= 4 is 61.7 Å². The maximum atomic E-state index is 12.2. The molecule has 0 atom stereocenters. The van der Waals surface area contributed by atoms with E-state index >= 15 is 0 Å². The van der Waals surface area contributed by atoms with E-state index in [1.54, 1.807) is 12.1 Å². The lowest BCUT2D eigenvalue weighted by atomic mass is 10.1. The Labute approximate surface area is 138 Å². The summed E-state index contributed by atoms with van der Waals surface area (Å²) in [7, 11) is 0. The highest BCUT2D eigenvalue weighted by molar-refractivity contribution is 14.1. The molecule has 0 radical (unpaired) electrons. The lowest BCUT2D eigenvalue weighted by molar-refractivity contribution is 0.102. The van der Waals surface area contributed by atoms with Crippen LogP contribution in [0.3, 0.4) is 0 Å². The summed E-state index contributed by atoms with van der Waals surface area (Å²) < 4.78 is 1.94. The van der Waals surface area contributed by atoms with Crippen LogP contribution in [0.4, 0.5) is 5.69 Å². The number of carbonyl (C=O) groups excluding carboxylic acids is 1. The van der Waals surface area contributed by atoms with Gasteiger partial charge in [0.15, 0.2) is 0 Å². The lowest BCUT2D eigenvalue weighted by Crippen LogP contribution is -2.13. The molecule has 0 saturated heterocycles. The summed E-state index contributed by atoms with van der Waals surface area (Å²) >= 11 is 11.7. The SMILES string of the molecule is Cc1c(Br)cccc1C(=O)Nc1ccc(I)cc1Cl. The Morgan fingerprint density at radius 1 is 1.32 bits per heavy atom. The summed E-state index contributed by atoms with van der Waals surface area (Å²) in [5.74, 6) is -0.165. The van der Waals surface area contributed by atoms with Gasteiger partial charge in [-0.2, -0.15) is 0 Å². The van der Waals surface area contributed by atoms with E-state index in [-0.39, 0.29) is 5.91 Å². The highest BCUT2D eigenvalue weighted by Crippen LogP contribution is 2.25. The molecule has 0 saturated carbocycles. The second-order valence-corrected chi connectivity index (χ2v) is 6.50. The molecule has 1 N–H and O–H groups in total. The van der Waals surface area contributed by atoms with E-state index < -0.39 is 0 Å². The first-order valence-corrected chi connectivity index (χ1v) is 7.75. The number of carbonyl (C=O) groups is 1. The van der Waals surface area contributed by atoms with E-state index in [0.717, 1.165) is 13.6 Å². The van der Waals surface area contributed by atoms with Gasteiger partial charge >= 0.3 is 0 Å². The van der Waals surface area contributed by atoms with E-state index in [2.05, 4.69) is 43.8 Å². The molecule has 0 fully saturated rings. The number of halogens is 3. The van der Waals surface area contributed by atoms with Gasteiger partial charge < -0.3 is 5.32 Å². The zero-order chi connectivity index (χ0) is 14.0. The molecule has 0 bridgehead atoms. The Balaban J connectivity index is 2.28. The highest BCUT2D eigenvalue weighted by atomic mass is 127.